The summed E-state index contributed by atoms with van der Waals surface area (Å²) < 4.78 is 50.7. The molecule has 0 saturated heterocycles. The van der Waals surface area contributed by atoms with Crippen molar-refractivity contribution in [1.29, 1.82) is 0 Å². The van der Waals surface area contributed by atoms with Crippen LogP contribution in [0.15, 0.2) is 28.7 Å². The summed E-state index contributed by atoms with van der Waals surface area (Å²) in [4.78, 5) is 32.9. The van der Waals surface area contributed by atoms with E-state index >= 15 is 0 Å². The van der Waals surface area contributed by atoms with Crippen molar-refractivity contribution in [3.05, 3.63) is 41.4 Å². The number of nitrogens with one attached hydrogen (secondary N) is 2. The number of aromatic nitrogens is 2. The summed E-state index contributed by atoms with van der Waals surface area (Å²) >= 11 is 0. The highest BCUT2D eigenvalue weighted by molar-refractivity contribution is 5.98. The molecule has 2 aromatic heterocycles. The van der Waals surface area contributed by atoms with E-state index in [1.165, 1.54) is 19.2 Å². The number of hydrogen-bond donors (Lipinski definition) is 3. The third kappa shape index (κ3) is 5.27. The maximum atomic E-state index is 13.2. The van der Waals surface area contributed by atoms with Crippen molar-refractivity contribution in [3.63, 3.8) is 0 Å². The molecule has 0 spiro atoms. The average Bonchev–Trinajstić information content (AvgIpc) is 3.58. The minimum atomic E-state index is -4.64. The number of fused-ring (bicyclic) bond motifs is 1. The molecule has 1 saturated carbocycles. The Hall–Kier alpha value is -3.67. The number of ether oxygens (including phenoxy) is 1. The Morgan fingerprint density at radius 2 is 1.92 bits per heavy atom. The highest BCUT2D eigenvalue weighted by atomic mass is 19.4. The Labute approximate surface area is 204 Å². The third-order valence-electron chi connectivity index (χ3n) is 5.75. The van der Waals surface area contributed by atoms with Gasteiger partial charge >= 0.3 is 6.18 Å². The number of alkyl halides is 3. The maximum Gasteiger partial charge on any atom is 0.433 e. The number of nitrogens with two attached hydrogens (primary N) is 1. The summed E-state index contributed by atoms with van der Waals surface area (Å²) in [6, 6.07) is 4.02. The molecule has 2 heterocycles. The van der Waals surface area contributed by atoms with Gasteiger partial charge in [-0.15, -0.1) is 0 Å². The lowest BCUT2D eigenvalue weighted by Crippen LogP contribution is -2.42. The number of amides is 2. The maximum absolute atomic E-state index is 13.2. The van der Waals surface area contributed by atoms with E-state index in [-0.39, 0.29) is 47.0 Å². The van der Waals surface area contributed by atoms with E-state index in [4.69, 9.17) is 14.9 Å². The number of carbonyl (C=O) groups is 2. The van der Waals surface area contributed by atoms with Crippen molar-refractivity contribution in [1.82, 2.24) is 20.6 Å². The Kier molecular flexibility index (Phi) is 6.90. The molecule has 4 rings (SSSR count). The van der Waals surface area contributed by atoms with Crippen LogP contribution in [0.2, 0.25) is 0 Å². The van der Waals surface area contributed by atoms with Crippen LogP contribution in [-0.4, -0.2) is 41.5 Å². The predicted octanol–water partition coefficient (Wildman–Crippen LogP) is 3.58. The van der Waals surface area contributed by atoms with Crippen LogP contribution in [0.5, 0.6) is 5.75 Å². The van der Waals surface area contributed by atoms with Gasteiger partial charge in [-0.05, 0) is 51.0 Å². The second-order valence-electron chi connectivity index (χ2n) is 8.82. The van der Waals surface area contributed by atoms with Crippen molar-refractivity contribution in [3.8, 4) is 17.2 Å². The first-order valence-corrected chi connectivity index (χ1v) is 11.4. The zero-order valence-electron chi connectivity index (χ0n) is 19.9. The van der Waals surface area contributed by atoms with Gasteiger partial charge in [-0.2, -0.15) is 13.2 Å². The molecule has 3 aromatic rings. The lowest BCUT2D eigenvalue weighted by Gasteiger charge is -2.14. The molecule has 0 bridgehead atoms. The summed E-state index contributed by atoms with van der Waals surface area (Å²) in [6.07, 6.45) is -2.89. The van der Waals surface area contributed by atoms with Gasteiger partial charge in [0, 0.05) is 29.5 Å². The molecule has 1 aliphatic rings. The second-order valence-corrected chi connectivity index (χ2v) is 8.82. The number of rotatable bonds is 8. The summed E-state index contributed by atoms with van der Waals surface area (Å²) in [5.74, 6) is -0.294. The van der Waals surface area contributed by atoms with Crippen LogP contribution < -0.4 is 21.1 Å². The number of nitrogens with zero attached hydrogens (tertiary/aromatic N) is 2. The predicted molar refractivity (Wildman–Crippen MR) is 124 cm³/mol. The van der Waals surface area contributed by atoms with E-state index in [9.17, 15) is 22.8 Å². The SMILES string of the molecule is COc1ccc(-c2nc(C(=O)N[C@H](C)CNC(=O)C3CC3)c([C@H](C)N)o2)c2ccc(C(F)(F)F)nc12. The standard InChI is InChI=1S/C24H26F3N5O4/c1-11(10-29-21(33)13-4-5-13)30-22(34)19-20(12(2)28)36-23(32-19)15-6-8-16(35-3)18-14(15)7-9-17(31-18)24(25,26)27/h6-9,11-13H,4-5,10,28H2,1-3H3,(H,29,33)(H,30,34)/t11-,12+/m1/s1. The van der Waals surface area contributed by atoms with E-state index in [0.29, 0.717) is 10.9 Å². The molecule has 192 valence electrons. The fourth-order valence-corrected chi connectivity index (χ4v) is 3.71. The van der Waals surface area contributed by atoms with E-state index < -0.39 is 29.9 Å². The summed E-state index contributed by atoms with van der Waals surface area (Å²) in [5, 5.41) is 5.85. The van der Waals surface area contributed by atoms with E-state index in [0.717, 1.165) is 18.9 Å². The van der Waals surface area contributed by atoms with Crippen LogP contribution in [0.1, 0.15) is 54.7 Å². The highest BCUT2D eigenvalue weighted by Gasteiger charge is 2.33. The smallest absolute Gasteiger partial charge is 0.433 e. The molecular formula is C24H26F3N5O4. The molecule has 12 heteroatoms. The van der Waals surface area contributed by atoms with Gasteiger partial charge in [0.05, 0.1) is 13.2 Å². The van der Waals surface area contributed by atoms with Gasteiger partial charge in [-0.25, -0.2) is 9.97 Å². The van der Waals surface area contributed by atoms with Gasteiger partial charge in [0.25, 0.3) is 5.91 Å². The molecule has 0 radical (unpaired) electrons. The number of methoxy groups -OCH3 is 1. The van der Waals surface area contributed by atoms with Crippen LogP contribution in [0.25, 0.3) is 22.4 Å². The Balaban J connectivity index is 1.65. The first-order valence-electron chi connectivity index (χ1n) is 11.4. The summed E-state index contributed by atoms with van der Waals surface area (Å²) in [7, 11) is 1.33. The van der Waals surface area contributed by atoms with Crippen LogP contribution in [-0.2, 0) is 11.0 Å². The molecule has 9 nitrogen and oxygen atoms in total. The van der Waals surface area contributed by atoms with E-state index in [2.05, 4.69) is 20.6 Å². The zero-order valence-corrected chi connectivity index (χ0v) is 19.9. The minimum Gasteiger partial charge on any atom is -0.494 e. The molecule has 1 aliphatic carbocycles. The molecule has 0 aliphatic heterocycles. The summed E-state index contributed by atoms with van der Waals surface area (Å²) in [5.41, 5.74) is 5.17. The lowest BCUT2D eigenvalue weighted by atomic mass is 10.1. The van der Waals surface area contributed by atoms with Crippen LogP contribution in [0.3, 0.4) is 0 Å². The van der Waals surface area contributed by atoms with Gasteiger partial charge in [0.15, 0.2) is 11.5 Å². The molecule has 1 aromatic carbocycles. The Morgan fingerprint density at radius 1 is 1.19 bits per heavy atom. The normalized spacial score (nSPS) is 15.4. The monoisotopic (exact) mass is 505 g/mol. The minimum absolute atomic E-state index is 0.00338. The second kappa shape index (κ2) is 9.76. The van der Waals surface area contributed by atoms with Crippen LogP contribution in [0, 0.1) is 5.92 Å². The van der Waals surface area contributed by atoms with Gasteiger partial charge in [-0.1, -0.05) is 0 Å². The average molecular weight is 505 g/mol. The Morgan fingerprint density at radius 3 is 2.53 bits per heavy atom. The first-order chi connectivity index (χ1) is 17.0. The van der Waals surface area contributed by atoms with Gasteiger partial charge in [0.1, 0.15) is 17.0 Å². The lowest BCUT2D eigenvalue weighted by molar-refractivity contribution is -0.141. The summed E-state index contributed by atoms with van der Waals surface area (Å²) in [6.45, 7) is 3.60. The fourth-order valence-electron chi connectivity index (χ4n) is 3.71. The van der Waals surface area contributed by atoms with Gasteiger partial charge in [0.2, 0.25) is 11.8 Å². The fraction of sp³-hybridized carbons (Fsp3) is 0.417. The highest BCUT2D eigenvalue weighted by Crippen LogP contribution is 2.37. The largest absolute Gasteiger partial charge is 0.494 e. The molecule has 2 atom stereocenters. The van der Waals surface area contributed by atoms with Crippen molar-refractivity contribution in [2.45, 2.75) is 44.9 Å². The number of pyridine rings is 1. The third-order valence-corrected chi connectivity index (χ3v) is 5.75. The van der Waals surface area contributed by atoms with Crippen molar-refractivity contribution >= 4 is 22.7 Å². The van der Waals surface area contributed by atoms with Crippen LogP contribution in [0.4, 0.5) is 13.2 Å². The number of hydrogen-bond acceptors (Lipinski definition) is 7. The number of carbonyl (C=O) groups excluding carboxylic acids is 2. The van der Waals surface area contributed by atoms with Gasteiger partial charge in [-0.3, -0.25) is 9.59 Å². The molecular weight excluding hydrogens is 479 g/mol. The Bertz CT molecular complexity index is 1300. The van der Waals surface area contributed by atoms with E-state index in [1.54, 1.807) is 19.9 Å². The molecule has 36 heavy (non-hydrogen) atoms. The number of benzene rings is 1. The van der Waals surface area contributed by atoms with Crippen molar-refractivity contribution < 1.29 is 31.9 Å². The topological polar surface area (TPSA) is 132 Å². The molecule has 4 N–H and O–H groups in total. The number of oxazole rings is 1. The van der Waals surface area contributed by atoms with Crippen molar-refractivity contribution in [2.24, 2.45) is 11.7 Å². The quantitative estimate of drug-likeness (QED) is 0.426. The first kappa shape index (κ1) is 25.4. The van der Waals surface area contributed by atoms with Crippen molar-refractivity contribution in [2.75, 3.05) is 13.7 Å². The van der Waals surface area contributed by atoms with Gasteiger partial charge < -0.3 is 25.5 Å². The van der Waals surface area contributed by atoms with E-state index in [1.807, 2.05) is 0 Å². The van der Waals surface area contributed by atoms with Crippen LogP contribution >= 0.6 is 0 Å². The molecule has 2 amide bonds. The molecule has 0 unspecified atom stereocenters. The zero-order chi connectivity index (χ0) is 26.2. The number of halogens is 3. The molecule has 1 fully saturated rings.